The molecule has 2 heterocycles. The molecule has 2 aromatic heterocycles. The molecule has 4 rings (SSSR count). The molecule has 33 heavy (non-hydrogen) atoms. The van der Waals surface area contributed by atoms with Crippen molar-refractivity contribution in [2.45, 2.75) is 52.5 Å². The first-order chi connectivity index (χ1) is 15.9. The maximum absolute atomic E-state index is 9.81. The molecule has 178 valence electrons. The first-order valence-electron chi connectivity index (χ1n) is 11.9. The number of rotatable bonds is 10. The van der Waals surface area contributed by atoms with E-state index in [1.54, 1.807) is 11.3 Å². The van der Waals surface area contributed by atoms with E-state index >= 15 is 0 Å². The van der Waals surface area contributed by atoms with E-state index < -0.39 is 0 Å². The summed E-state index contributed by atoms with van der Waals surface area (Å²) in [6.45, 7) is 10.8. The van der Waals surface area contributed by atoms with Crippen LogP contribution in [-0.2, 0) is 4.74 Å². The van der Waals surface area contributed by atoms with Gasteiger partial charge in [0.2, 0.25) is 5.95 Å². The molecule has 1 saturated carbocycles. The zero-order valence-electron chi connectivity index (χ0n) is 20.0. The molecule has 1 aliphatic rings. The van der Waals surface area contributed by atoms with Gasteiger partial charge in [-0.25, -0.2) is 9.97 Å². The third-order valence-corrected chi connectivity index (χ3v) is 7.91. The Kier molecular flexibility index (Phi) is 7.46. The van der Waals surface area contributed by atoms with Crippen LogP contribution in [0.5, 0.6) is 0 Å². The van der Waals surface area contributed by atoms with Gasteiger partial charge >= 0.3 is 0 Å². The second kappa shape index (κ2) is 10.3. The molecular weight excluding hydrogens is 434 g/mol. The summed E-state index contributed by atoms with van der Waals surface area (Å²) in [7, 11) is 0. The Labute approximate surface area is 200 Å². The van der Waals surface area contributed by atoms with E-state index in [0.29, 0.717) is 30.9 Å². The van der Waals surface area contributed by atoms with Crippen LogP contribution in [0.3, 0.4) is 0 Å². The number of fused-ring (bicyclic) bond motifs is 1. The Morgan fingerprint density at radius 3 is 2.76 bits per heavy atom. The third kappa shape index (κ3) is 5.13. The van der Waals surface area contributed by atoms with Gasteiger partial charge in [-0.2, -0.15) is 4.98 Å². The number of para-hydroxylation sites is 1. The quantitative estimate of drug-likeness (QED) is 0.355. The van der Waals surface area contributed by atoms with Crippen LogP contribution in [0.1, 0.15) is 45.7 Å². The van der Waals surface area contributed by atoms with E-state index in [1.807, 2.05) is 25.1 Å². The van der Waals surface area contributed by atoms with Crippen molar-refractivity contribution in [3.8, 4) is 10.6 Å². The first kappa shape index (κ1) is 23.9. The number of hydrogen-bond donors (Lipinski definition) is 3. The number of nitrogens with zero attached hydrogens (tertiary/aromatic N) is 3. The highest BCUT2D eigenvalue weighted by molar-refractivity contribution is 7.21. The molecule has 0 bridgehead atoms. The summed E-state index contributed by atoms with van der Waals surface area (Å²) in [6.07, 6.45) is 2.99. The van der Waals surface area contributed by atoms with Crippen LogP contribution < -0.4 is 10.6 Å². The number of nitrogens with one attached hydrogen (secondary N) is 2. The van der Waals surface area contributed by atoms with Gasteiger partial charge in [0.05, 0.1) is 28.1 Å². The van der Waals surface area contributed by atoms with Crippen LogP contribution in [0.2, 0.25) is 0 Å². The molecule has 0 radical (unpaired) electrons. The fourth-order valence-electron chi connectivity index (χ4n) is 4.64. The Balaban J connectivity index is 1.68. The molecule has 1 aromatic carbocycles. The third-order valence-electron chi connectivity index (χ3n) is 6.86. The number of aliphatic hydroxyl groups is 1. The fraction of sp³-hybridized carbons (Fsp3) is 0.560. The molecule has 8 heteroatoms. The number of aromatic nitrogens is 3. The predicted octanol–water partition coefficient (Wildman–Crippen LogP) is 5.11. The summed E-state index contributed by atoms with van der Waals surface area (Å²) in [4.78, 5) is 14.6. The summed E-state index contributed by atoms with van der Waals surface area (Å²) in [5.74, 6) is 2.00. The van der Waals surface area contributed by atoms with Gasteiger partial charge in [-0.15, -0.1) is 11.3 Å². The molecule has 3 atom stereocenters. The number of ether oxygens (including phenoxy) is 1. The predicted molar refractivity (Wildman–Crippen MR) is 136 cm³/mol. The minimum Gasteiger partial charge on any atom is -0.396 e. The second-order valence-corrected chi connectivity index (χ2v) is 10.2. The van der Waals surface area contributed by atoms with Crippen molar-refractivity contribution in [3.63, 3.8) is 0 Å². The van der Waals surface area contributed by atoms with E-state index in [1.165, 1.54) is 0 Å². The minimum atomic E-state index is -0.166. The molecule has 0 unspecified atom stereocenters. The van der Waals surface area contributed by atoms with Crippen LogP contribution >= 0.6 is 11.3 Å². The van der Waals surface area contributed by atoms with Crippen molar-refractivity contribution in [2.24, 2.45) is 11.8 Å². The normalized spacial score (nSPS) is 22.7. The highest BCUT2D eigenvalue weighted by atomic mass is 32.1. The summed E-state index contributed by atoms with van der Waals surface area (Å²) in [5, 5.41) is 17.8. The Morgan fingerprint density at radius 2 is 2.03 bits per heavy atom. The highest BCUT2D eigenvalue weighted by Crippen LogP contribution is 2.44. The Bertz CT molecular complexity index is 1050. The largest absolute Gasteiger partial charge is 0.396 e. The lowest BCUT2D eigenvalue weighted by Crippen LogP contribution is -2.40. The zero-order chi connectivity index (χ0) is 23.4. The van der Waals surface area contributed by atoms with Gasteiger partial charge in [-0.1, -0.05) is 26.0 Å². The van der Waals surface area contributed by atoms with Crippen LogP contribution in [0.25, 0.3) is 20.8 Å². The van der Waals surface area contributed by atoms with Crippen LogP contribution in [0, 0.1) is 18.8 Å². The monoisotopic (exact) mass is 469 g/mol. The maximum atomic E-state index is 9.81. The molecule has 7 nitrogen and oxygen atoms in total. The molecule has 0 aliphatic heterocycles. The number of hydrogen-bond acceptors (Lipinski definition) is 8. The number of benzene rings is 1. The van der Waals surface area contributed by atoms with Gasteiger partial charge in [0, 0.05) is 25.3 Å². The summed E-state index contributed by atoms with van der Waals surface area (Å²) >= 11 is 1.66. The number of aliphatic hydroxyl groups excluding tert-OH is 1. The standard InChI is InChI=1S/C25H35N5O2S/c1-5-13-32-14-12-26-24-27-17(3)21(23-28-19-8-6-7-9-20(19)33-23)22(29-24)30-25(4)11-10-18(15-31)16(25)2/h6-9,16,18,31H,5,10-15H2,1-4H3,(H2,26,27,29,30)/t16-,18-,25+/m1/s1. The molecule has 0 amide bonds. The first-order valence-corrected chi connectivity index (χ1v) is 12.7. The maximum Gasteiger partial charge on any atom is 0.224 e. The Morgan fingerprint density at radius 1 is 1.21 bits per heavy atom. The van der Waals surface area contributed by atoms with Gasteiger partial charge in [0.15, 0.2) is 0 Å². The van der Waals surface area contributed by atoms with E-state index in [0.717, 1.165) is 58.2 Å². The van der Waals surface area contributed by atoms with E-state index in [-0.39, 0.29) is 12.1 Å². The Hall–Kier alpha value is -2.29. The number of aryl methyl sites for hydroxylation is 1. The summed E-state index contributed by atoms with van der Waals surface area (Å²) < 4.78 is 6.74. The molecule has 3 aromatic rings. The lowest BCUT2D eigenvalue weighted by molar-refractivity contribution is 0.144. The van der Waals surface area contributed by atoms with Gasteiger partial charge in [0.25, 0.3) is 0 Å². The molecule has 0 spiro atoms. The lowest BCUT2D eigenvalue weighted by atomic mass is 9.86. The fourth-order valence-corrected chi connectivity index (χ4v) is 5.70. The van der Waals surface area contributed by atoms with E-state index in [4.69, 9.17) is 19.7 Å². The van der Waals surface area contributed by atoms with Crippen molar-refractivity contribution in [1.82, 2.24) is 15.0 Å². The SMILES string of the molecule is CCCOCCNc1nc(C)c(-c2nc3ccccc3s2)c(N[C@@]2(C)CC[C@H](CO)[C@H]2C)n1. The van der Waals surface area contributed by atoms with Gasteiger partial charge in [-0.3, -0.25) is 0 Å². The number of anilines is 2. The summed E-state index contributed by atoms with van der Waals surface area (Å²) in [5.41, 5.74) is 2.65. The van der Waals surface area contributed by atoms with Crippen LogP contribution in [-0.4, -0.2) is 52.0 Å². The summed E-state index contributed by atoms with van der Waals surface area (Å²) in [6, 6.07) is 8.18. The smallest absolute Gasteiger partial charge is 0.224 e. The van der Waals surface area contributed by atoms with Crippen molar-refractivity contribution >= 4 is 33.3 Å². The topological polar surface area (TPSA) is 92.2 Å². The molecule has 1 fully saturated rings. The van der Waals surface area contributed by atoms with Crippen molar-refractivity contribution in [1.29, 1.82) is 0 Å². The zero-order valence-corrected chi connectivity index (χ0v) is 20.8. The molecular formula is C25H35N5O2S. The highest BCUT2D eigenvalue weighted by Gasteiger charge is 2.42. The lowest BCUT2D eigenvalue weighted by Gasteiger charge is -2.34. The van der Waals surface area contributed by atoms with E-state index in [2.05, 4.69) is 37.5 Å². The molecule has 0 saturated heterocycles. The van der Waals surface area contributed by atoms with Gasteiger partial charge < -0.3 is 20.5 Å². The van der Waals surface area contributed by atoms with Crippen molar-refractivity contribution in [3.05, 3.63) is 30.0 Å². The minimum absolute atomic E-state index is 0.166. The van der Waals surface area contributed by atoms with Crippen LogP contribution in [0.15, 0.2) is 24.3 Å². The van der Waals surface area contributed by atoms with E-state index in [9.17, 15) is 5.11 Å². The molecule has 3 N–H and O–H groups in total. The van der Waals surface area contributed by atoms with Crippen molar-refractivity contribution < 1.29 is 9.84 Å². The number of thiazole rings is 1. The second-order valence-electron chi connectivity index (χ2n) is 9.19. The van der Waals surface area contributed by atoms with Gasteiger partial charge in [-0.05, 0) is 57.1 Å². The van der Waals surface area contributed by atoms with Crippen molar-refractivity contribution in [2.75, 3.05) is 37.0 Å². The van der Waals surface area contributed by atoms with Crippen LogP contribution in [0.4, 0.5) is 11.8 Å². The molecule has 1 aliphatic carbocycles. The van der Waals surface area contributed by atoms with Gasteiger partial charge in [0.1, 0.15) is 10.8 Å². The average Bonchev–Trinajstić information content (AvgIpc) is 3.34. The average molecular weight is 470 g/mol.